The average Bonchev–Trinajstić information content (AvgIpc) is 2.13. The van der Waals surface area contributed by atoms with Crippen molar-refractivity contribution in [3.8, 4) is 0 Å². The second kappa shape index (κ2) is 5.47. The number of carbonyl (C=O) groups is 1. The Labute approximate surface area is 91.2 Å². The van der Waals surface area contributed by atoms with Gasteiger partial charge >= 0.3 is 5.97 Å². The van der Waals surface area contributed by atoms with Gasteiger partial charge in [-0.25, -0.2) is 0 Å². The number of methoxy groups -OCH3 is 1. The molecule has 1 saturated carbocycles. The van der Waals surface area contributed by atoms with Gasteiger partial charge in [-0.2, -0.15) is 0 Å². The van der Waals surface area contributed by atoms with Crippen LogP contribution in [0.5, 0.6) is 0 Å². The maximum Gasteiger partial charge on any atom is 0.317 e. The summed E-state index contributed by atoms with van der Waals surface area (Å²) in [5.41, 5.74) is 0. The highest BCUT2D eigenvalue weighted by Gasteiger charge is 2.36. The highest BCUT2D eigenvalue weighted by Crippen LogP contribution is 2.29. The van der Waals surface area contributed by atoms with E-state index in [2.05, 4.69) is 18.7 Å². The van der Waals surface area contributed by atoms with Gasteiger partial charge in [0.1, 0.15) is 0 Å². The van der Waals surface area contributed by atoms with Crippen molar-refractivity contribution in [2.24, 2.45) is 0 Å². The molecule has 4 nitrogen and oxygen atoms in total. The van der Waals surface area contributed by atoms with E-state index in [4.69, 9.17) is 9.84 Å². The third kappa shape index (κ3) is 3.18. The van der Waals surface area contributed by atoms with Gasteiger partial charge in [0, 0.05) is 19.2 Å². The summed E-state index contributed by atoms with van der Waals surface area (Å²) in [6.45, 7) is 4.32. The summed E-state index contributed by atoms with van der Waals surface area (Å²) in [5.74, 6) is -0.740. The van der Waals surface area contributed by atoms with E-state index in [0.717, 1.165) is 19.3 Å². The first-order chi connectivity index (χ1) is 7.08. The Morgan fingerprint density at radius 2 is 2.20 bits per heavy atom. The van der Waals surface area contributed by atoms with E-state index in [1.54, 1.807) is 7.11 Å². The van der Waals surface area contributed by atoms with Gasteiger partial charge in [-0.1, -0.05) is 6.92 Å². The van der Waals surface area contributed by atoms with Crippen molar-refractivity contribution in [2.75, 3.05) is 13.7 Å². The maximum absolute atomic E-state index is 10.8. The van der Waals surface area contributed by atoms with E-state index < -0.39 is 5.97 Å². The highest BCUT2D eigenvalue weighted by molar-refractivity contribution is 5.69. The van der Waals surface area contributed by atoms with Crippen LogP contribution in [0.3, 0.4) is 0 Å². The molecule has 0 aromatic rings. The fourth-order valence-corrected chi connectivity index (χ4v) is 2.04. The number of carboxylic acid groups (broad SMARTS) is 1. The summed E-state index contributed by atoms with van der Waals surface area (Å²) in [4.78, 5) is 12.8. The predicted octanol–water partition coefficient (Wildman–Crippen LogP) is 1.35. The molecule has 1 aliphatic carbocycles. The molecule has 0 heterocycles. The van der Waals surface area contributed by atoms with Crippen molar-refractivity contribution in [1.82, 2.24) is 4.90 Å². The molecule has 0 aromatic carbocycles. The van der Waals surface area contributed by atoms with Crippen LogP contribution in [0, 0.1) is 0 Å². The van der Waals surface area contributed by atoms with Crippen molar-refractivity contribution in [2.45, 2.75) is 51.3 Å². The molecule has 1 N–H and O–H groups in total. The van der Waals surface area contributed by atoms with E-state index in [1.807, 2.05) is 0 Å². The van der Waals surface area contributed by atoms with E-state index in [0.29, 0.717) is 18.2 Å². The third-order valence-corrected chi connectivity index (χ3v) is 3.35. The molecular formula is C11H21NO3. The van der Waals surface area contributed by atoms with Gasteiger partial charge in [0.05, 0.1) is 12.6 Å². The number of nitrogens with zero attached hydrogens (tertiary/aromatic N) is 1. The molecule has 1 atom stereocenters. The summed E-state index contributed by atoms with van der Waals surface area (Å²) >= 11 is 0. The Bertz CT molecular complexity index is 214. The predicted molar refractivity (Wildman–Crippen MR) is 57.9 cm³/mol. The molecule has 1 fully saturated rings. The number of rotatable bonds is 6. The molecule has 15 heavy (non-hydrogen) atoms. The standard InChI is InChI=1S/C11H21NO3/c1-4-8(2)12(7-11(13)14)9-5-10(6-9)15-3/h8-10H,4-7H2,1-3H3,(H,13,14). The molecule has 0 bridgehead atoms. The Morgan fingerprint density at radius 3 is 2.60 bits per heavy atom. The van der Waals surface area contributed by atoms with Gasteiger partial charge in [-0.15, -0.1) is 0 Å². The van der Waals surface area contributed by atoms with Crippen molar-refractivity contribution in [3.63, 3.8) is 0 Å². The van der Waals surface area contributed by atoms with Crippen LogP contribution < -0.4 is 0 Å². The summed E-state index contributed by atoms with van der Waals surface area (Å²) in [6, 6.07) is 0.727. The van der Waals surface area contributed by atoms with Crippen molar-refractivity contribution in [3.05, 3.63) is 0 Å². The number of ether oxygens (including phenoxy) is 1. The van der Waals surface area contributed by atoms with Crippen LogP contribution in [-0.4, -0.2) is 47.8 Å². The minimum absolute atomic E-state index is 0.149. The molecule has 1 aliphatic rings. The summed E-state index contributed by atoms with van der Waals surface area (Å²) in [6.07, 6.45) is 3.25. The topological polar surface area (TPSA) is 49.8 Å². The van der Waals surface area contributed by atoms with E-state index in [1.165, 1.54) is 0 Å². The van der Waals surface area contributed by atoms with Gasteiger partial charge in [-0.3, -0.25) is 9.69 Å². The number of aliphatic carboxylic acids is 1. The van der Waals surface area contributed by atoms with Crippen LogP contribution in [0.2, 0.25) is 0 Å². The summed E-state index contributed by atoms with van der Waals surface area (Å²) in [7, 11) is 1.71. The minimum Gasteiger partial charge on any atom is -0.480 e. The Balaban J connectivity index is 2.46. The van der Waals surface area contributed by atoms with Crippen LogP contribution in [-0.2, 0) is 9.53 Å². The first-order valence-corrected chi connectivity index (χ1v) is 5.58. The van der Waals surface area contributed by atoms with Crippen LogP contribution >= 0.6 is 0 Å². The quantitative estimate of drug-likeness (QED) is 0.726. The fraction of sp³-hybridized carbons (Fsp3) is 0.909. The SMILES string of the molecule is CCC(C)N(CC(=O)O)C1CC(OC)C1. The number of carboxylic acids is 1. The van der Waals surface area contributed by atoms with Crippen LogP contribution in [0.15, 0.2) is 0 Å². The molecule has 1 rings (SSSR count). The molecule has 0 aliphatic heterocycles. The molecule has 0 spiro atoms. The van der Waals surface area contributed by atoms with Gasteiger partial charge in [0.2, 0.25) is 0 Å². The minimum atomic E-state index is -0.740. The fourth-order valence-electron chi connectivity index (χ4n) is 2.04. The Morgan fingerprint density at radius 1 is 1.60 bits per heavy atom. The lowest BCUT2D eigenvalue weighted by atomic mass is 9.86. The summed E-state index contributed by atoms with van der Waals surface area (Å²) < 4.78 is 5.21. The number of hydrogen-bond donors (Lipinski definition) is 1. The van der Waals surface area contributed by atoms with Crippen LogP contribution in [0.25, 0.3) is 0 Å². The summed E-state index contributed by atoms with van der Waals surface area (Å²) in [5, 5.41) is 8.85. The lowest BCUT2D eigenvalue weighted by Gasteiger charge is -2.44. The molecular weight excluding hydrogens is 194 g/mol. The maximum atomic E-state index is 10.8. The van der Waals surface area contributed by atoms with Crippen LogP contribution in [0.4, 0.5) is 0 Å². The second-order valence-electron chi connectivity index (χ2n) is 4.31. The van der Waals surface area contributed by atoms with Gasteiger partial charge in [0.25, 0.3) is 0 Å². The van der Waals surface area contributed by atoms with Gasteiger partial charge in [0.15, 0.2) is 0 Å². The van der Waals surface area contributed by atoms with Crippen molar-refractivity contribution < 1.29 is 14.6 Å². The van der Waals surface area contributed by atoms with E-state index in [9.17, 15) is 4.79 Å². The first-order valence-electron chi connectivity index (χ1n) is 5.58. The van der Waals surface area contributed by atoms with Gasteiger partial charge in [-0.05, 0) is 26.2 Å². The zero-order valence-corrected chi connectivity index (χ0v) is 9.77. The largest absolute Gasteiger partial charge is 0.480 e. The third-order valence-electron chi connectivity index (χ3n) is 3.35. The lowest BCUT2D eigenvalue weighted by Crippen LogP contribution is -2.52. The lowest BCUT2D eigenvalue weighted by molar-refractivity contribution is -0.141. The molecule has 0 radical (unpaired) electrons. The normalized spacial score (nSPS) is 27.5. The van der Waals surface area contributed by atoms with Gasteiger partial charge < -0.3 is 9.84 Å². The zero-order valence-electron chi connectivity index (χ0n) is 9.77. The zero-order chi connectivity index (χ0) is 11.4. The molecule has 88 valence electrons. The molecule has 0 saturated heterocycles. The monoisotopic (exact) mass is 215 g/mol. The van der Waals surface area contributed by atoms with E-state index >= 15 is 0 Å². The first kappa shape index (κ1) is 12.5. The van der Waals surface area contributed by atoms with Crippen molar-refractivity contribution >= 4 is 5.97 Å². The molecule has 4 heteroatoms. The van der Waals surface area contributed by atoms with Crippen molar-refractivity contribution in [1.29, 1.82) is 0 Å². The molecule has 0 amide bonds. The smallest absolute Gasteiger partial charge is 0.317 e. The number of hydrogen-bond acceptors (Lipinski definition) is 3. The second-order valence-corrected chi connectivity index (χ2v) is 4.31. The molecule has 0 aromatic heterocycles. The average molecular weight is 215 g/mol. The van der Waals surface area contributed by atoms with E-state index in [-0.39, 0.29) is 6.54 Å². The van der Waals surface area contributed by atoms with Crippen LogP contribution in [0.1, 0.15) is 33.1 Å². The highest BCUT2D eigenvalue weighted by atomic mass is 16.5. The Kier molecular flexibility index (Phi) is 4.54. The molecule has 1 unspecified atom stereocenters. The Hall–Kier alpha value is -0.610.